The highest BCUT2D eigenvalue weighted by Crippen LogP contribution is 2.33. The fraction of sp³-hybridized carbons (Fsp3) is 0.600. The molecule has 0 spiro atoms. The Balaban J connectivity index is 2.04. The van der Waals surface area contributed by atoms with Crippen LogP contribution in [0.3, 0.4) is 0 Å². The minimum atomic E-state index is 0.671. The van der Waals surface area contributed by atoms with Crippen molar-refractivity contribution in [1.82, 2.24) is 5.32 Å². The van der Waals surface area contributed by atoms with Gasteiger partial charge in [0, 0.05) is 24.7 Å². The van der Waals surface area contributed by atoms with E-state index >= 15 is 0 Å². The highest BCUT2D eigenvalue weighted by molar-refractivity contribution is 5.60. The molecule has 1 heterocycles. The number of rotatable bonds is 4. The zero-order chi connectivity index (χ0) is 12.3. The first-order valence-corrected chi connectivity index (χ1v) is 6.72. The zero-order valence-corrected chi connectivity index (χ0v) is 11.2. The van der Waals surface area contributed by atoms with Crippen LogP contribution in [0, 0.1) is 12.8 Å². The molecule has 0 bridgehead atoms. The van der Waals surface area contributed by atoms with Gasteiger partial charge in [-0.1, -0.05) is 32.0 Å². The van der Waals surface area contributed by atoms with Crippen LogP contribution in [0.25, 0.3) is 0 Å². The van der Waals surface area contributed by atoms with Crippen molar-refractivity contribution in [2.75, 3.05) is 25.0 Å². The summed E-state index contributed by atoms with van der Waals surface area (Å²) in [5.41, 5.74) is 4.23. The molecule has 0 saturated heterocycles. The molecule has 2 N–H and O–H groups in total. The Morgan fingerprint density at radius 1 is 1.41 bits per heavy atom. The summed E-state index contributed by atoms with van der Waals surface area (Å²) in [6.07, 6.45) is 1.24. The molecule has 1 aromatic rings. The van der Waals surface area contributed by atoms with Crippen molar-refractivity contribution in [2.45, 2.75) is 33.1 Å². The molecule has 1 aliphatic heterocycles. The number of para-hydroxylation sites is 1. The van der Waals surface area contributed by atoms with Crippen molar-refractivity contribution in [2.24, 2.45) is 5.92 Å². The predicted octanol–water partition coefficient (Wildman–Crippen LogP) is 3.14. The second kappa shape index (κ2) is 5.54. The van der Waals surface area contributed by atoms with Crippen LogP contribution in [-0.4, -0.2) is 19.6 Å². The lowest BCUT2D eigenvalue weighted by atomic mass is 9.89. The predicted molar refractivity (Wildman–Crippen MR) is 74.7 cm³/mol. The van der Waals surface area contributed by atoms with Gasteiger partial charge in [-0.3, -0.25) is 0 Å². The Kier molecular flexibility index (Phi) is 4.06. The van der Waals surface area contributed by atoms with Crippen molar-refractivity contribution >= 4 is 5.69 Å². The first kappa shape index (κ1) is 12.4. The van der Waals surface area contributed by atoms with Gasteiger partial charge in [0.25, 0.3) is 0 Å². The van der Waals surface area contributed by atoms with Crippen LogP contribution in [0.4, 0.5) is 5.69 Å². The summed E-state index contributed by atoms with van der Waals surface area (Å²) in [6.45, 7) is 10.0. The molecule has 1 aliphatic rings. The third-order valence-electron chi connectivity index (χ3n) is 3.48. The average molecular weight is 232 g/mol. The van der Waals surface area contributed by atoms with Gasteiger partial charge in [-0.25, -0.2) is 0 Å². The Bertz CT molecular complexity index is 371. The molecule has 1 unspecified atom stereocenters. The van der Waals surface area contributed by atoms with Gasteiger partial charge in [0.1, 0.15) is 0 Å². The highest BCUT2D eigenvalue weighted by Gasteiger charge is 2.20. The van der Waals surface area contributed by atoms with Gasteiger partial charge in [-0.05, 0) is 36.9 Å². The second-order valence-corrected chi connectivity index (χ2v) is 5.50. The maximum atomic E-state index is 3.59. The summed E-state index contributed by atoms with van der Waals surface area (Å²) in [4.78, 5) is 0. The molecule has 94 valence electrons. The Morgan fingerprint density at radius 3 is 3.00 bits per heavy atom. The molecule has 0 amide bonds. The quantitative estimate of drug-likeness (QED) is 0.833. The first-order chi connectivity index (χ1) is 8.18. The van der Waals surface area contributed by atoms with E-state index in [0.29, 0.717) is 5.92 Å². The van der Waals surface area contributed by atoms with E-state index in [1.54, 1.807) is 0 Å². The maximum Gasteiger partial charge on any atom is 0.0405 e. The van der Waals surface area contributed by atoms with Crippen molar-refractivity contribution in [3.63, 3.8) is 0 Å². The van der Waals surface area contributed by atoms with Gasteiger partial charge in [-0.2, -0.15) is 0 Å². The van der Waals surface area contributed by atoms with E-state index in [-0.39, 0.29) is 0 Å². The summed E-state index contributed by atoms with van der Waals surface area (Å²) in [5.74, 6) is 1.40. The van der Waals surface area contributed by atoms with Gasteiger partial charge in [0.05, 0.1) is 0 Å². The van der Waals surface area contributed by atoms with E-state index in [9.17, 15) is 0 Å². The Labute approximate surface area is 105 Å². The summed E-state index contributed by atoms with van der Waals surface area (Å²) in [7, 11) is 0. The van der Waals surface area contributed by atoms with Crippen molar-refractivity contribution < 1.29 is 0 Å². The molecule has 1 atom stereocenters. The van der Waals surface area contributed by atoms with Crippen molar-refractivity contribution in [3.05, 3.63) is 29.3 Å². The zero-order valence-electron chi connectivity index (χ0n) is 11.2. The lowest BCUT2D eigenvalue weighted by Gasteiger charge is -2.28. The minimum Gasteiger partial charge on any atom is -0.385 e. The first-order valence-electron chi connectivity index (χ1n) is 6.72. The van der Waals surface area contributed by atoms with E-state index in [4.69, 9.17) is 0 Å². The standard InChI is InChI=1S/C15H24N2/c1-11(2)9-16-10-13-7-8-17-15-12(3)5-4-6-14(13)15/h4-6,11,13,16-17H,7-10H2,1-3H3. The summed E-state index contributed by atoms with van der Waals surface area (Å²) in [6, 6.07) is 6.64. The number of benzene rings is 1. The van der Waals surface area contributed by atoms with E-state index in [1.165, 1.54) is 23.2 Å². The number of fused-ring (bicyclic) bond motifs is 1. The van der Waals surface area contributed by atoms with Crippen LogP contribution >= 0.6 is 0 Å². The third kappa shape index (κ3) is 3.01. The number of anilines is 1. The fourth-order valence-electron chi connectivity index (χ4n) is 2.56. The maximum absolute atomic E-state index is 3.59. The van der Waals surface area contributed by atoms with E-state index in [2.05, 4.69) is 49.6 Å². The summed E-state index contributed by atoms with van der Waals surface area (Å²) < 4.78 is 0. The van der Waals surface area contributed by atoms with Gasteiger partial charge < -0.3 is 10.6 Å². The largest absolute Gasteiger partial charge is 0.385 e. The lowest BCUT2D eigenvalue weighted by molar-refractivity contribution is 0.501. The Hall–Kier alpha value is -1.02. The molecule has 2 heteroatoms. The number of nitrogens with one attached hydrogen (secondary N) is 2. The van der Waals surface area contributed by atoms with Gasteiger partial charge in [0.2, 0.25) is 0 Å². The van der Waals surface area contributed by atoms with Crippen molar-refractivity contribution in [1.29, 1.82) is 0 Å². The van der Waals surface area contributed by atoms with Crippen LogP contribution in [0.1, 0.15) is 37.3 Å². The van der Waals surface area contributed by atoms with E-state index in [1.807, 2.05) is 0 Å². The summed E-state index contributed by atoms with van der Waals surface area (Å²) >= 11 is 0. The molecule has 0 saturated carbocycles. The van der Waals surface area contributed by atoms with Crippen LogP contribution in [0.2, 0.25) is 0 Å². The van der Waals surface area contributed by atoms with Crippen LogP contribution in [0.5, 0.6) is 0 Å². The topological polar surface area (TPSA) is 24.1 Å². The molecule has 2 nitrogen and oxygen atoms in total. The smallest absolute Gasteiger partial charge is 0.0405 e. The lowest BCUT2D eigenvalue weighted by Crippen LogP contribution is -2.29. The van der Waals surface area contributed by atoms with Crippen molar-refractivity contribution in [3.8, 4) is 0 Å². The van der Waals surface area contributed by atoms with Crippen LogP contribution < -0.4 is 10.6 Å². The molecule has 17 heavy (non-hydrogen) atoms. The fourth-order valence-corrected chi connectivity index (χ4v) is 2.56. The normalized spacial score (nSPS) is 18.9. The van der Waals surface area contributed by atoms with Crippen LogP contribution in [-0.2, 0) is 0 Å². The van der Waals surface area contributed by atoms with Gasteiger partial charge in [-0.15, -0.1) is 0 Å². The molecule has 2 rings (SSSR count). The minimum absolute atomic E-state index is 0.671. The average Bonchev–Trinajstić information content (AvgIpc) is 2.30. The Morgan fingerprint density at radius 2 is 2.24 bits per heavy atom. The monoisotopic (exact) mass is 232 g/mol. The van der Waals surface area contributed by atoms with E-state index in [0.717, 1.165) is 25.6 Å². The third-order valence-corrected chi connectivity index (χ3v) is 3.48. The van der Waals surface area contributed by atoms with Gasteiger partial charge >= 0.3 is 0 Å². The second-order valence-electron chi connectivity index (χ2n) is 5.50. The SMILES string of the molecule is Cc1cccc2c1NCCC2CNCC(C)C. The molecule has 0 aromatic heterocycles. The number of hydrogen-bond donors (Lipinski definition) is 2. The van der Waals surface area contributed by atoms with Gasteiger partial charge in [0.15, 0.2) is 0 Å². The molecule has 0 aliphatic carbocycles. The molecular formula is C15H24N2. The van der Waals surface area contributed by atoms with E-state index < -0.39 is 0 Å². The number of hydrogen-bond acceptors (Lipinski definition) is 2. The molecule has 0 radical (unpaired) electrons. The summed E-state index contributed by atoms with van der Waals surface area (Å²) in [5, 5.41) is 7.12. The number of aryl methyl sites for hydroxylation is 1. The molecular weight excluding hydrogens is 208 g/mol. The highest BCUT2D eigenvalue weighted by atomic mass is 14.9. The molecule has 1 aromatic carbocycles. The van der Waals surface area contributed by atoms with Crippen LogP contribution in [0.15, 0.2) is 18.2 Å². The molecule has 0 fully saturated rings.